The van der Waals surface area contributed by atoms with Crippen LogP contribution >= 0.6 is 0 Å². The number of hydrogen-bond donors (Lipinski definition) is 0. The van der Waals surface area contributed by atoms with Crippen LogP contribution in [0.15, 0.2) is 24.3 Å². The molecule has 2 heterocycles. The lowest BCUT2D eigenvalue weighted by atomic mass is 10.0. The number of benzene rings is 1. The number of hydrogen-bond acceptors (Lipinski definition) is 4. The van der Waals surface area contributed by atoms with E-state index in [1.54, 1.807) is 29.2 Å². The maximum Gasteiger partial charge on any atom is 0.254 e. The van der Waals surface area contributed by atoms with Crippen LogP contribution in [0.3, 0.4) is 0 Å². The topological polar surface area (TPSA) is 66.9 Å². The highest BCUT2D eigenvalue weighted by molar-refractivity contribution is 6.09. The van der Waals surface area contributed by atoms with Gasteiger partial charge < -0.3 is 9.64 Å². The van der Waals surface area contributed by atoms with Gasteiger partial charge in [-0.15, -0.1) is 0 Å². The standard InChI is InChI=1S/C18H20N2O4/c1-10(2)24-13-5-3-11(4-6-13)16(21)19-8-12(9-19)20-17(22)14-7-15(14)18(20)23/h3-6,10,12,14-15H,7-9H2,1-2H3. The second-order valence-corrected chi connectivity index (χ2v) is 7.05. The van der Waals surface area contributed by atoms with Crippen molar-refractivity contribution in [3.8, 4) is 5.75 Å². The molecule has 2 atom stereocenters. The first-order valence-corrected chi connectivity index (χ1v) is 8.38. The minimum absolute atomic E-state index is 0.0442. The molecular weight excluding hydrogens is 308 g/mol. The van der Waals surface area contributed by atoms with Crippen molar-refractivity contribution in [3.63, 3.8) is 0 Å². The summed E-state index contributed by atoms with van der Waals surface area (Å²) in [6.45, 7) is 4.76. The quantitative estimate of drug-likeness (QED) is 0.782. The maximum absolute atomic E-state index is 12.5. The van der Waals surface area contributed by atoms with Crippen LogP contribution in [0.5, 0.6) is 5.75 Å². The van der Waals surface area contributed by atoms with Crippen LogP contribution < -0.4 is 4.74 Å². The summed E-state index contributed by atoms with van der Waals surface area (Å²) in [7, 11) is 0. The number of rotatable bonds is 4. The molecule has 24 heavy (non-hydrogen) atoms. The zero-order chi connectivity index (χ0) is 17.0. The molecule has 6 nitrogen and oxygen atoms in total. The fourth-order valence-corrected chi connectivity index (χ4v) is 3.48. The van der Waals surface area contributed by atoms with Crippen LogP contribution in [0.2, 0.25) is 0 Å². The average molecular weight is 328 g/mol. The highest BCUT2D eigenvalue weighted by Gasteiger charge is 2.61. The molecular formula is C18H20N2O4. The molecule has 4 rings (SSSR count). The average Bonchev–Trinajstić information content (AvgIpc) is 3.25. The summed E-state index contributed by atoms with van der Waals surface area (Å²) in [6.07, 6.45) is 0.804. The Kier molecular flexibility index (Phi) is 3.37. The Labute approximate surface area is 140 Å². The van der Waals surface area contributed by atoms with Crippen molar-refractivity contribution in [2.45, 2.75) is 32.4 Å². The minimum Gasteiger partial charge on any atom is -0.491 e. The molecule has 1 saturated carbocycles. The summed E-state index contributed by atoms with van der Waals surface area (Å²) in [5.41, 5.74) is 0.589. The third-order valence-corrected chi connectivity index (χ3v) is 4.89. The van der Waals surface area contributed by atoms with Crippen LogP contribution in [-0.2, 0) is 9.59 Å². The predicted octanol–water partition coefficient (Wildman–Crippen LogP) is 1.30. The van der Waals surface area contributed by atoms with E-state index in [4.69, 9.17) is 4.74 Å². The molecule has 3 fully saturated rings. The number of ether oxygens (including phenoxy) is 1. The predicted molar refractivity (Wildman–Crippen MR) is 85.3 cm³/mol. The Balaban J connectivity index is 1.36. The lowest BCUT2D eigenvalue weighted by Crippen LogP contribution is -2.62. The molecule has 0 spiro atoms. The van der Waals surface area contributed by atoms with Gasteiger partial charge in [0.1, 0.15) is 5.75 Å². The molecule has 1 aromatic carbocycles. The SMILES string of the molecule is CC(C)Oc1ccc(C(=O)N2CC(N3C(=O)C4CC4C3=O)C2)cc1. The molecule has 3 amide bonds. The molecule has 2 aliphatic heterocycles. The molecule has 1 aromatic rings. The van der Waals surface area contributed by atoms with Crippen molar-refractivity contribution in [2.75, 3.05) is 13.1 Å². The number of nitrogens with zero attached hydrogens (tertiary/aromatic N) is 2. The highest BCUT2D eigenvalue weighted by atomic mass is 16.5. The molecule has 0 radical (unpaired) electrons. The molecule has 126 valence electrons. The number of carbonyl (C=O) groups excluding carboxylic acids is 3. The first-order chi connectivity index (χ1) is 11.5. The van der Waals surface area contributed by atoms with E-state index in [-0.39, 0.29) is 41.7 Å². The lowest BCUT2D eigenvalue weighted by Gasteiger charge is -2.43. The van der Waals surface area contributed by atoms with Gasteiger partial charge in [0, 0.05) is 18.7 Å². The van der Waals surface area contributed by atoms with Crippen LogP contribution in [-0.4, -0.2) is 52.8 Å². The first kappa shape index (κ1) is 15.2. The Morgan fingerprint density at radius 3 is 2.21 bits per heavy atom. The maximum atomic E-state index is 12.5. The number of fused-ring (bicyclic) bond motifs is 1. The van der Waals surface area contributed by atoms with Gasteiger partial charge in [-0.05, 0) is 44.5 Å². The van der Waals surface area contributed by atoms with Crippen molar-refractivity contribution in [2.24, 2.45) is 11.8 Å². The summed E-state index contributed by atoms with van der Waals surface area (Å²) in [5, 5.41) is 0. The molecule has 1 aliphatic carbocycles. The summed E-state index contributed by atoms with van der Waals surface area (Å²) in [6, 6.07) is 6.91. The summed E-state index contributed by atoms with van der Waals surface area (Å²) in [5.74, 6) is 0.420. The third kappa shape index (κ3) is 2.37. The van der Waals surface area contributed by atoms with E-state index in [0.717, 1.165) is 5.75 Å². The monoisotopic (exact) mass is 328 g/mol. The molecule has 6 heteroatoms. The van der Waals surface area contributed by atoms with E-state index in [9.17, 15) is 14.4 Å². The fraction of sp³-hybridized carbons (Fsp3) is 0.500. The number of piperidine rings is 1. The summed E-state index contributed by atoms with van der Waals surface area (Å²) < 4.78 is 5.57. The molecule has 0 bridgehead atoms. The zero-order valence-corrected chi connectivity index (χ0v) is 13.8. The zero-order valence-electron chi connectivity index (χ0n) is 13.8. The van der Waals surface area contributed by atoms with Crippen molar-refractivity contribution >= 4 is 17.7 Å². The van der Waals surface area contributed by atoms with Gasteiger partial charge in [0.05, 0.1) is 24.0 Å². The molecule has 3 aliphatic rings. The van der Waals surface area contributed by atoms with E-state index in [1.807, 2.05) is 13.8 Å². The largest absolute Gasteiger partial charge is 0.491 e. The van der Waals surface area contributed by atoms with E-state index >= 15 is 0 Å². The van der Waals surface area contributed by atoms with Gasteiger partial charge in [0.2, 0.25) is 11.8 Å². The van der Waals surface area contributed by atoms with Crippen LogP contribution in [0.1, 0.15) is 30.6 Å². The van der Waals surface area contributed by atoms with E-state index < -0.39 is 0 Å². The highest BCUT2D eigenvalue weighted by Crippen LogP contribution is 2.48. The summed E-state index contributed by atoms with van der Waals surface area (Å²) >= 11 is 0. The summed E-state index contributed by atoms with van der Waals surface area (Å²) in [4.78, 5) is 39.6. The first-order valence-electron chi connectivity index (χ1n) is 8.38. The van der Waals surface area contributed by atoms with Gasteiger partial charge >= 0.3 is 0 Å². The smallest absolute Gasteiger partial charge is 0.254 e. The Hall–Kier alpha value is -2.37. The minimum atomic E-state index is -0.148. The van der Waals surface area contributed by atoms with Crippen LogP contribution in [0, 0.1) is 11.8 Å². The third-order valence-electron chi connectivity index (χ3n) is 4.89. The van der Waals surface area contributed by atoms with Crippen molar-refractivity contribution < 1.29 is 19.1 Å². The Morgan fingerprint density at radius 1 is 1.08 bits per heavy atom. The number of carbonyl (C=O) groups is 3. The van der Waals surface area contributed by atoms with E-state index in [2.05, 4.69) is 0 Å². The van der Waals surface area contributed by atoms with Gasteiger partial charge in [-0.1, -0.05) is 0 Å². The van der Waals surface area contributed by atoms with Crippen molar-refractivity contribution in [1.82, 2.24) is 9.80 Å². The number of imide groups is 1. The number of amides is 3. The lowest BCUT2D eigenvalue weighted by molar-refractivity contribution is -0.147. The molecule has 0 aromatic heterocycles. The van der Waals surface area contributed by atoms with Gasteiger partial charge in [0.15, 0.2) is 0 Å². The van der Waals surface area contributed by atoms with Gasteiger partial charge in [-0.25, -0.2) is 0 Å². The van der Waals surface area contributed by atoms with Crippen LogP contribution in [0.25, 0.3) is 0 Å². The number of likely N-dealkylation sites (tertiary alicyclic amines) is 2. The van der Waals surface area contributed by atoms with E-state index in [1.165, 1.54) is 4.90 Å². The second kappa shape index (κ2) is 5.33. The Morgan fingerprint density at radius 2 is 1.67 bits per heavy atom. The van der Waals surface area contributed by atoms with Crippen LogP contribution in [0.4, 0.5) is 0 Å². The van der Waals surface area contributed by atoms with E-state index in [0.29, 0.717) is 25.1 Å². The van der Waals surface area contributed by atoms with Crippen molar-refractivity contribution in [1.29, 1.82) is 0 Å². The normalized spacial score (nSPS) is 25.8. The van der Waals surface area contributed by atoms with Gasteiger partial charge in [-0.2, -0.15) is 0 Å². The fourth-order valence-electron chi connectivity index (χ4n) is 3.48. The van der Waals surface area contributed by atoms with Gasteiger partial charge in [-0.3, -0.25) is 19.3 Å². The second-order valence-electron chi connectivity index (χ2n) is 7.05. The Bertz CT molecular complexity index is 686. The van der Waals surface area contributed by atoms with Crippen molar-refractivity contribution in [3.05, 3.63) is 29.8 Å². The molecule has 0 N–H and O–H groups in total. The molecule has 2 saturated heterocycles. The molecule has 2 unspecified atom stereocenters. The van der Waals surface area contributed by atoms with Gasteiger partial charge in [0.25, 0.3) is 5.91 Å².